The predicted octanol–water partition coefficient (Wildman–Crippen LogP) is 3.37. The van der Waals surface area contributed by atoms with Gasteiger partial charge in [-0.05, 0) is 37.1 Å². The second-order valence-electron chi connectivity index (χ2n) is 5.16. The number of fused-ring (bicyclic) bond motifs is 1. The van der Waals surface area contributed by atoms with E-state index in [9.17, 15) is 0 Å². The molecule has 0 aromatic heterocycles. The molecule has 0 saturated carbocycles. The summed E-state index contributed by atoms with van der Waals surface area (Å²) in [6.07, 6.45) is 1.01. The Morgan fingerprint density at radius 2 is 2.00 bits per heavy atom. The normalized spacial score (nSPS) is 14.4. The van der Waals surface area contributed by atoms with Crippen LogP contribution in [0.2, 0.25) is 0 Å². The van der Waals surface area contributed by atoms with Gasteiger partial charge in [-0.3, -0.25) is 0 Å². The SMILES string of the molecule is Cc1ccc(N2CCCOc3ccccc32)c(CN)c1. The van der Waals surface area contributed by atoms with Crippen LogP contribution in [0.15, 0.2) is 42.5 Å². The summed E-state index contributed by atoms with van der Waals surface area (Å²) in [6, 6.07) is 14.7. The lowest BCUT2D eigenvalue weighted by Crippen LogP contribution is -2.20. The highest BCUT2D eigenvalue weighted by molar-refractivity contribution is 5.72. The largest absolute Gasteiger partial charge is 0.491 e. The molecule has 0 atom stereocenters. The second kappa shape index (κ2) is 5.55. The van der Waals surface area contributed by atoms with E-state index in [1.807, 2.05) is 12.1 Å². The summed E-state index contributed by atoms with van der Waals surface area (Å²) in [5, 5.41) is 0. The molecule has 3 heteroatoms. The van der Waals surface area contributed by atoms with E-state index in [1.54, 1.807) is 0 Å². The van der Waals surface area contributed by atoms with Crippen molar-refractivity contribution in [2.45, 2.75) is 19.9 Å². The van der Waals surface area contributed by atoms with Crippen molar-refractivity contribution in [3.8, 4) is 5.75 Å². The summed E-state index contributed by atoms with van der Waals surface area (Å²) < 4.78 is 5.82. The predicted molar refractivity (Wildman–Crippen MR) is 82.6 cm³/mol. The Labute approximate surface area is 120 Å². The first-order chi connectivity index (χ1) is 9.79. The Morgan fingerprint density at radius 1 is 1.15 bits per heavy atom. The van der Waals surface area contributed by atoms with Gasteiger partial charge in [0.2, 0.25) is 0 Å². The fourth-order valence-electron chi connectivity index (χ4n) is 2.72. The Morgan fingerprint density at radius 3 is 2.85 bits per heavy atom. The molecule has 1 aliphatic heterocycles. The number of anilines is 2. The number of hydrogen-bond acceptors (Lipinski definition) is 3. The minimum atomic E-state index is 0.552. The third-order valence-corrected chi connectivity index (χ3v) is 3.69. The van der Waals surface area contributed by atoms with Gasteiger partial charge in [0.15, 0.2) is 0 Å². The first-order valence-corrected chi connectivity index (χ1v) is 7.08. The molecule has 2 aromatic carbocycles. The summed E-state index contributed by atoms with van der Waals surface area (Å²) in [5.41, 5.74) is 10.7. The topological polar surface area (TPSA) is 38.5 Å². The monoisotopic (exact) mass is 268 g/mol. The molecule has 104 valence electrons. The molecular formula is C17H20N2O. The van der Waals surface area contributed by atoms with Crippen molar-refractivity contribution in [3.63, 3.8) is 0 Å². The molecule has 0 aliphatic carbocycles. The smallest absolute Gasteiger partial charge is 0.142 e. The van der Waals surface area contributed by atoms with E-state index in [1.165, 1.54) is 16.8 Å². The lowest BCUT2D eigenvalue weighted by Gasteiger charge is -2.26. The zero-order chi connectivity index (χ0) is 13.9. The highest BCUT2D eigenvalue weighted by Gasteiger charge is 2.19. The molecule has 0 bridgehead atoms. The molecule has 0 spiro atoms. The van der Waals surface area contributed by atoms with E-state index in [0.717, 1.165) is 31.0 Å². The second-order valence-corrected chi connectivity index (χ2v) is 5.16. The van der Waals surface area contributed by atoms with E-state index in [0.29, 0.717) is 6.54 Å². The van der Waals surface area contributed by atoms with Gasteiger partial charge >= 0.3 is 0 Å². The van der Waals surface area contributed by atoms with Crippen LogP contribution in [0, 0.1) is 6.92 Å². The van der Waals surface area contributed by atoms with Gasteiger partial charge in [-0.25, -0.2) is 0 Å². The van der Waals surface area contributed by atoms with Gasteiger partial charge in [0.05, 0.1) is 12.3 Å². The number of benzene rings is 2. The fraction of sp³-hybridized carbons (Fsp3) is 0.294. The van der Waals surface area contributed by atoms with Crippen molar-refractivity contribution in [3.05, 3.63) is 53.6 Å². The third-order valence-electron chi connectivity index (χ3n) is 3.69. The number of hydrogen-bond donors (Lipinski definition) is 1. The number of aryl methyl sites for hydroxylation is 1. The summed E-state index contributed by atoms with van der Waals surface area (Å²) >= 11 is 0. The van der Waals surface area contributed by atoms with Crippen LogP contribution in [-0.2, 0) is 6.54 Å². The zero-order valence-corrected chi connectivity index (χ0v) is 11.8. The van der Waals surface area contributed by atoms with Crippen LogP contribution in [0.1, 0.15) is 17.5 Å². The molecule has 1 heterocycles. The summed E-state index contributed by atoms with van der Waals surface area (Å²) in [5.74, 6) is 0.952. The highest BCUT2D eigenvalue weighted by atomic mass is 16.5. The summed E-state index contributed by atoms with van der Waals surface area (Å²) in [4.78, 5) is 2.32. The fourth-order valence-corrected chi connectivity index (χ4v) is 2.72. The van der Waals surface area contributed by atoms with Crippen molar-refractivity contribution in [2.24, 2.45) is 5.73 Å². The maximum atomic E-state index is 5.93. The first-order valence-electron chi connectivity index (χ1n) is 7.08. The molecule has 2 aromatic rings. The van der Waals surface area contributed by atoms with E-state index in [2.05, 4.69) is 42.2 Å². The maximum Gasteiger partial charge on any atom is 0.142 e. The molecule has 0 radical (unpaired) electrons. The van der Waals surface area contributed by atoms with Crippen LogP contribution in [0.4, 0.5) is 11.4 Å². The van der Waals surface area contributed by atoms with Crippen molar-refractivity contribution < 1.29 is 4.74 Å². The lowest BCUT2D eigenvalue weighted by molar-refractivity contribution is 0.322. The van der Waals surface area contributed by atoms with E-state index < -0.39 is 0 Å². The van der Waals surface area contributed by atoms with Crippen molar-refractivity contribution >= 4 is 11.4 Å². The van der Waals surface area contributed by atoms with E-state index in [-0.39, 0.29) is 0 Å². The molecule has 3 nitrogen and oxygen atoms in total. The minimum absolute atomic E-state index is 0.552. The Balaban J connectivity index is 2.10. The van der Waals surface area contributed by atoms with Crippen LogP contribution in [0.3, 0.4) is 0 Å². The molecule has 0 saturated heterocycles. The summed E-state index contributed by atoms with van der Waals surface area (Å²) in [6.45, 7) is 4.36. The van der Waals surface area contributed by atoms with Crippen LogP contribution >= 0.6 is 0 Å². The van der Waals surface area contributed by atoms with Gasteiger partial charge in [0.25, 0.3) is 0 Å². The maximum absolute atomic E-state index is 5.93. The van der Waals surface area contributed by atoms with Crippen LogP contribution in [-0.4, -0.2) is 13.2 Å². The van der Waals surface area contributed by atoms with Gasteiger partial charge in [-0.15, -0.1) is 0 Å². The van der Waals surface area contributed by atoms with Crippen LogP contribution in [0.5, 0.6) is 5.75 Å². The van der Waals surface area contributed by atoms with Crippen molar-refractivity contribution in [1.29, 1.82) is 0 Å². The Hall–Kier alpha value is -2.00. The minimum Gasteiger partial charge on any atom is -0.491 e. The van der Waals surface area contributed by atoms with Gasteiger partial charge < -0.3 is 15.4 Å². The number of nitrogens with zero attached hydrogens (tertiary/aromatic N) is 1. The van der Waals surface area contributed by atoms with Gasteiger partial charge in [0, 0.05) is 18.8 Å². The summed E-state index contributed by atoms with van der Waals surface area (Å²) in [7, 11) is 0. The Bertz CT molecular complexity index is 610. The van der Waals surface area contributed by atoms with Crippen molar-refractivity contribution in [2.75, 3.05) is 18.1 Å². The van der Waals surface area contributed by atoms with Crippen molar-refractivity contribution in [1.82, 2.24) is 0 Å². The average Bonchev–Trinajstić information content (AvgIpc) is 2.69. The average molecular weight is 268 g/mol. The molecule has 2 N–H and O–H groups in total. The Kier molecular flexibility index (Phi) is 3.61. The highest BCUT2D eigenvalue weighted by Crippen LogP contribution is 2.37. The number of para-hydroxylation sites is 2. The lowest BCUT2D eigenvalue weighted by atomic mass is 10.1. The molecule has 0 amide bonds. The van der Waals surface area contributed by atoms with Crippen LogP contribution in [0.25, 0.3) is 0 Å². The number of rotatable bonds is 2. The quantitative estimate of drug-likeness (QED) is 0.907. The van der Waals surface area contributed by atoms with Gasteiger partial charge in [-0.2, -0.15) is 0 Å². The number of ether oxygens (including phenoxy) is 1. The number of nitrogens with two attached hydrogens (primary N) is 1. The van der Waals surface area contributed by atoms with Gasteiger partial charge in [0.1, 0.15) is 5.75 Å². The first kappa shape index (κ1) is 13.0. The van der Waals surface area contributed by atoms with Crippen LogP contribution < -0.4 is 15.4 Å². The molecule has 20 heavy (non-hydrogen) atoms. The molecule has 0 unspecified atom stereocenters. The molecule has 3 rings (SSSR count). The zero-order valence-electron chi connectivity index (χ0n) is 11.8. The standard InChI is InChI=1S/C17H20N2O/c1-13-7-8-15(14(11-13)12-18)19-9-4-10-20-17-6-3-2-5-16(17)19/h2-3,5-8,11H,4,9-10,12,18H2,1H3. The molecule has 0 fully saturated rings. The molecular weight excluding hydrogens is 248 g/mol. The third kappa shape index (κ3) is 2.37. The van der Waals surface area contributed by atoms with Gasteiger partial charge in [-0.1, -0.05) is 29.8 Å². The van der Waals surface area contributed by atoms with E-state index in [4.69, 9.17) is 10.5 Å². The molecule has 1 aliphatic rings. The van der Waals surface area contributed by atoms with E-state index >= 15 is 0 Å².